The van der Waals surface area contributed by atoms with E-state index in [2.05, 4.69) is 11.4 Å². The van der Waals surface area contributed by atoms with E-state index in [9.17, 15) is 14.9 Å². The summed E-state index contributed by atoms with van der Waals surface area (Å²) in [7, 11) is 0. The lowest BCUT2D eigenvalue weighted by Crippen LogP contribution is -2.42. The van der Waals surface area contributed by atoms with Crippen LogP contribution < -0.4 is 5.32 Å². The highest BCUT2D eigenvalue weighted by Gasteiger charge is 2.12. The van der Waals surface area contributed by atoms with Gasteiger partial charge in [-0.05, 0) is 41.6 Å². The molecule has 0 aliphatic heterocycles. The summed E-state index contributed by atoms with van der Waals surface area (Å²) < 4.78 is 0. The lowest BCUT2D eigenvalue weighted by molar-refractivity contribution is -0.384. The fraction of sp³-hybridized carbons (Fsp3) is 0.150. The fourth-order valence-corrected chi connectivity index (χ4v) is 2.60. The molecule has 0 unspecified atom stereocenters. The molecule has 0 radical (unpaired) electrons. The molecule has 0 atom stereocenters. The van der Waals surface area contributed by atoms with Gasteiger partial charge in [0.1, 0.15) is 0 Å². The van der Waals surface area contributed by atoms with Gasteiger partial charge in [0.05, 0.1) is 17.4 Å². The molecule has 142 valence electrons. The van der Waals surface area contributed by atoms with Crippen molar-refractivity contribution in [1.29, 1.82) is 5.26 Å². The minimum Gasteiger partial charge on any atom is -0.344 e. The van der Waals surface area contributed by atoms with Crippen molar-refractivity contribution in [2.24, 2.45) is 0 Å². The molecule has 7 nitrogen and oxygen atoms in total. The third-order valence-electron chi connectivity index (χ3n) is 3.76. The van der Waals surface area contributed by atoms with E-state index in [1.165, 1.54) is 18.2 Å². The Morgan fingerprint density at radius 1 is 1.21 bits per heavy atom. The first-order valence-corrected chi connectivity index (χ1v) is 8.83. The van der Waals surface area contributed by atoms with Crippen LogP contribution in [0.2, 0.25) is 0 Å². The first kappa shape index (κ1) is 20.7. The molecule has 0 aromatic heterocycles. The van der Waals surface area contributed by atoms with Crippen LogP contribution >= 0.6 is 12.2 Å². The molecule has 2 aromatic carbocycles. The van der Waals surface area contributed by atoms with Crippen LogP contribution in [0.4, 0.5) is 5.69 Å². The average Bonchev–Trinajstić information content (AvgIpc) is 2.70. The van der Waals surface area contributed by atoms with Crippen molar-refractivity contribution in [3.8, 4) is 6.07 Å². The highest BCUT2D eigenvalue weighted by Crippen LogP contribution is 2.12. The van der Waals surface area contributed by atoms with Gasteiger partial charge in [0.2, 0.25) is 5.91 Å². The number of rotatable bonds is 7. The predicted molar refractivity (Wildman–Crippen MR) is 110 cm³/mol. The maximum absolute atomic E-state index is 12.1. The normalized spacial score (nSPS) is 10.2. The molecule has 1 amide bonds. The summed E-state index contributed by atoms with van der Waals surface area (Å²) in [6.07, 6.45) is 3.12. The Labute approximate surface area is 168 Å². The zero-order valence-electron chi connectivity index (χ0n) is 14.9. The van der Waals surface area contributed by atoms with Crippen LogP contribution in [0.5, 0.6) is 0 Å². The van der Waals surface area contributed by atoms with E-state index < -0.39 is 10.8 Å². The number of amides is 1. The molecule has 2 rings (SSSR count). The summed E-state index contributed by atoms with van der Waals surface area (Å²) in [5.74, 6) is -0.418. The highest BCUT2D eigenvalue weighted by molar-refractivity contribution is 7.80. The third-order valence-corrected chi connectivity index (χ3v) is 4.12. The Morgan fingerprint density at radius 3 is 2.50 bits per heavy atom. The van der Waals surface area contributed by atoms with Crippen LogP contribution in [-0.4, -0.2) is 27.4 Å². The fourth-order valence-electron chi connectivity index (χ4n) is 2.35. The molecule has 0 spiro atoms. The van der Waals surface area contributed by atoms with Crippen molar-refractivity contribution in [1.82, 2.24) is 10.2 Å². The van der Waals surface area contributed by atoms with Crippen molar-refractivity contribution >= 4 is 35.0 Å². The monoisotopic (exact) mass is 394 g/mol. The molecular weight excluding hydrogens is 376 g/mol. The first-order chi connectivity index (χ1) is 13.5. The first-order valence-electron chi connectivity index (χ1n) is 8.43. The molecule has 2 aromatic rings. The van der Waals surface area contributed by atoms with Crippen molar-refractivity contribution in [2.45, 2.75) is 13.0 Å². The summed E-state index contributed by atoms with van der Waals surface area (Å²) in [5.41, 5.74) is 1.65. The van der Waals surface area contributed by atoms with Crippen LogP contribution in [0.3, 0.4) is 0 Å². The average molecular weight is 394 g/mol. The van der Waals surface area contributed by atoms with Gasteiger partial charge in [0.15, 0.2) is 5.11 Å². The van der Waals surface area contributed by atoms with E-state index >= 15 is 0 Å². The van der Waals surface area contributed by atoms with Gasteiger partial charge in [-0.3, -0.25) is 20.2 Å². The number of nitriles is 1. The van der Waals surface area contributed by atoms with Gasteiger partial charge < -0.3 is 4.90 Å². The largest absolute Gasteiger partial charge is 0.344 e. The van der Waals surface area contributed by atoms with E-state index in [0.29, 0.717) is 18.7 Å². The van der Waals surface area contributed by atoms with Crippen molar-refractivity contribution in [3.63, 3.8) is 0 Å². The van der Waals surface area contributed by atoms with Crippen LogP contribution in [0.25, 0.3) is 6.08 Å². The number of nitrogens with zero attached hydrogens (tertiary/aromatic N) is 3. The molecule has 28 heavy (non-hydrogen) atoms. The van der Waals surface area contributed by atoms with E-state index in [-0.39, 0.29) is 17.2 Å². The van der Waals surface area contributed by atoms with Crippen molar-refractivity contribution in [2.75, 3.05) is 6.54 Å². The number of carbonyl (C=O) groups excluding carboxylic acids is 1. The quantitative estimate of drug-likeness (QED) is 0.334. The van der Waals surface area contributed by atoms with E-state index in [4.69, 9.17) is 17.5 Å². The zero-order valence-corrected chi connectivity index (χ0v) is 15.8. The SMILES string of the molecule is N#CCCN(Cc1ccccc1)C(=S)NC(=O)/C=C/c1ccc([N+](=O)[O-])cc1. The van der Waals surface area contributed by atoms with Crippen molar-refractivity contribution in [3.05, 3.63) is 81.9 Å². The van der Waals surface area contributed by atoms with Crippen LogP contribution in [0, 0.1) is 21.4 Å². The highest BCUT2D eigenvalue weighted by atomic mass is 32.1. The molecule has 0 aliphatic rings. The third kappa shape index (κ3) is 6.63. The zero-order chi connectivity index (χ0) is 20.4. The van der Waals surface area contributed by atoms with Gasteiger partial charge in [-0.2, -0.15) is 5.26 Å². The van der Waals surface area contributed by atoms with Crippen LogP contribution in [0.1, 0.15) is 17.5 Å². The Hall–Kier alpha value is -3.57. The van der Waals surface area contributed by atoms with Crippen LogP contribution in [0.15, 0.2) is 60.7 Å². The minimum atomic E-state index is -0.485. The smallest absolute Gasteiger partial charge is 0.269 e. The number of nitro benzene ring substituents is 1. The molecule has 0 bridgehead atoms. The number of nitro groups is 1. The number of carbonyl (C=O) groups is 1. The van der Waals surface area contributed by atoms with Crippen LogP contribution in [-0.2, 0) is 11.3 Å². The molecule has 0 fully saturated rings. The summed E-state index contributed by atoms with van der Waals surface area (Å²) in [5, 5.41) is 22.4. The lowest BCUT2D eigenvalue weighted by atomic mass is 10.2. The lowest BCUT2D eigenvalue weighted by Gasteiger charge is -2.24. The predicted octanol–water partition coefficient (Wildman–Crippen LogP) is 3.42. The second-order valence-corrected chi connectivity index (χ2v) is 6.18. The Bertz CT molecular complexity index is 905. The summed E-state index contributed by atoms with van der Waals surface area (Å²) in [6, 6.07) is 17.5. The standard InChI is InChI=1S/C20H18N4O3S/c21-13-4-14-23(15-17-5-2-1-3-6-17)20(28)22-19(25)12-9-16-7-10-18(11-8-16)24(26)27/h1-3,5-12H,4,14-15H2,(H,22,25,28)/b12-9+. The number of hydrogen-bond donors (Lipinski definition) is 1. The van der Waals surface area contributed by atoms with Gasteiger partial charge >= 0.3 is 0 Å². The molecule has 1 N–H and O–H groups in total. The van der Waals surface area contributed by atoms with Gasteiger partial charge in [-0.25, -0.2) is 0 Å². The van der Waals surface area contributed by atoms with Gasteiger partial charge in [-0.15, -0.1) is 0 Å². The number of nitrogens with one attached hydrogen (secondary N) is 1. The minimum absolute atomic E-state index is 0.0168. The van der Waals surface area contributed by atoms with Gasteiger partial charge in [0, 0.05) is 31.3 Å². The maximum atomic E-state index is 12.1. The molecule has 8 heteroatoms. The van der Waals surface area contributed by atoms with Gasteiger partial charge in [0.25, 0.3) is 5.69 Å². The topological polar surface area (TPSA) is 99.3 Å². The second-order valence-electron chi connectivity index (χ2n) is 5.79. The van der Waals surface area contributed by atoms with E-state index in [1.54, 1.807) is 23.1 Å². The number of thiocarbonyl (C=S) groups is 1. The summed E-state index contributed by atoms with van der Waals surface area (Å²) in [4.78, 5) is 24.1. The summed E-state index contributed by atoms with van der Waals surface area (Å²) in [6.45, 7) is 0.879. The Morgan fingerprint density at radius 2 is 1.89 bits per heavy atom. The van der Waals surface area contributed by atoms with Gasteiger partial charge in [-0.1, -0.05) is 30.3 Å². The molecule has 0 saturated heterocycles. The number of non-ortho nitro benzene ring substituents is 1. The number of benzene rings is 2. The van der Waals surface area contributed by atoms with E-state index in [1.807, 2.05) is 30.3 Å². The maximum Gasteiger partial charge on any atom is 0.269 e. The number of hydrogen-bond acceptors (Lipinski definition) is 5. The Kier molecular flexibility index (Phi) is 7.81. The molecule has 0 heterocycles. The molecule has 0 saturated carbocycles. The second kappa shape index (κ2) is 10.5. The molecular formula is C20H18N4O3S. The summed E-state index contributed by atoms with van der Waals surface area (Å²) >= 11 is 5.32. The van der Waals surface area contributed by atoms with Crippen molar-refractivity contribution < 1.29 is 9.72 Å². The van der Waals surface area contributed by atoms with E-state index in [0.717, 1.165) is 5.56 Å². The molecule has 0 aliphatic carbocycles. The Balaban J connectivity index is 1.98.